The van der Waals surface area contributed by atoms with Gasteiger partial charge in [0.1, 0.15) is 13.2 Å². The molecule has 0 saturated heterocycles. The molecule has 4 amide bonds. The van der Waals surface area contributed by atoms with Crippen molar-refractivity contribution in [3.8, 4) is 0 Å². The van der Waals surface area contributed by atoms with E-state index in [2.05, 4.69) is 10.6 Å². The molecule has 0 saturated carbocycles. The van der Waals surface area contributed by atoms with Gasteiger partial charge in [-0.15, -0.1) is 0 Å². The van der Waals surface area contributed by atoms with Gasteiger partial charge in [0.05, 0.1) is 0 Å². The Morgan fingerprint density at radius 3 is 1.10 bits per heavy atom. The van der Waals surface area contributed by atoms with Gasteiger partial charge >= 0.3 is 12.2 Å². The Labute approximate surface area is 258 Å². The van der Waals surface area contributed by atoms with Crippen LogP contribution in [0.25, 0.3) is 0 Å². The molecule has 0 bridgehead atoms. The first-order valence-electron chi connectivity index (χ1n) is 11.1. The van der Waals surface area contributed by atoms with Crippen LogP contribution in [-0.2, 0) is 30.3 Å². The summed E-state index contributed by atoms with van der Waals surface area (Å²) in [7, 11) is 0. The highest BCUT2D eigenvalue weighted by Gasteiger charge is 2.23. The van der Waals surface area contributed by atoms with Crippen molar-refractivity contribution in [1.29, 1.82) is 0 Å². The zero-order valence-corrected chi connectivity index (χ0v) is 24.6. The molecule has 3 rings (SSSR count). The number of imide groups is 2. The molecule has 0 spiro atoms. The van der Waals surface area contributed by atoms with Crippen molar-refractivity contribution in [2.24, 2.45) is 0 Å². The Morgan fingerprint density at radius 1 is 0.525 bits per heavy atom. The van der Waals surface area contributed by atoms with E-state index in [4.69, 9.17) is 79.1 Å². The van der Waals surface area contributed by atoms with Gasteiger partial charge in [-0.1, -0.05) is 118 Å². The summed E-state index contributed by atoms with van der Waals surface area (Å²) in [5, 5.41) is 4.13. The standard InChI is InChI=1S/C26H18Cl6N2O6/c27-25(28,29)19-9-1-15(2-10-19)13-39-23(37)33-21(35)17-5-7-18(8-6-17)22(36)34-24(38)40-14-16-3-11-20(12-4-16)26(30,31)32/h1-12H,13-14H2,(H,33,35,37)(H,34,36,38). The van der Waals surface area contributed by atoms with Gasteiger partial charge in [0.25, 0.3) is 11.8 Å². The summed E-state index contributed by atoms with van der Waals surface area (Å²) in [6.07, 6.45) is -1.97. The molecule has 2 N–H and O–H groups in total. The molecule has 3 aromatic rings. The van der Waals surface area contributed by atoms with E-state index >= 15 is 0 Å². The third-order valence-electron chi connectivity index (χ3n) is 5.14. The first kappa shape index (κ1) is 31.8. The van der Waals surface area contributed by atoms with Crippen LogP contribution in [0, 0.1) is 0 Å². The molecule has 0 aliphatic heterocycles. The van der Waals surface area contributed by atoms with Crippen LogP contribution in [-0.4, -0.2) is 24.0 Å². The lowest BCUT2D eigenvalue weighted by molar-refractivity contribution is 0.0895. The minimum atomic E-state index is -1.58. The number of alkyl carbamates (subject to hydrolysis) is 2. The Bertz CT molecular complexity index is 1260. The van der Waals surface area contributed by atoms with Gasteiger partial charge in [-0.2, -0.15) is 0 Å². The number of alkyl halides is 6. The number of hydrogen-bond acceptors (Lipinski definition) is 6. The number of amides is 4. The average Bonchev–Trinajstić information content (AvgIpc) is 2.90. The molecular formula is C26H18Cl6N2O6. The number of ether oxygens (including phenoxy) is 2. The monoisotopic (exact) mass is 664 g/mol. The maximum absolute atomic E-state index is 12.3. The molecular weight excluding hydrogens is 649 g/mol. The van der Waals surface area contributed by atoms with E-state index < -0.39 is 31.6 Å². The van der Waals surface area contributed by atoms with Gasteiger partial charge < -0.3 is 9.47 Å². The molecule has 0 heterocycles. The summed E-state index contributed by atoms with van der Waals surface area (Å²) < 4.78 is 6.89. The van der Waals surface area contributed by atoms with Gasteiger partial charge in [0, 0.05) is 22.3 Å². The van der Waals surface area contributed by atoms with Crippen molar-refractivity contribution in [3.05, 3.63) is 106 Å². The van der Waals surface area contributed by atoms with Crippen LogP contribution in [0.15, 0.2) is 72.8 Å². The lowest BCUT2D eigenvalue weighted by atomic mass is 10.1. The Kier molecular flexibility index (Phi) is 10.9. The molecule has 3 aromatic carbocycles. The number of rotatable bonds is 6. The molecule has 14 heteroatoms. The second kappa shape index (κ2) is 13.8. The molecule has 210 valence electrons. The number of benzene rings is 3. The second-order valence-electron chi connectivity index (χ2n) is 8.03. The predicted octanol–water partition coefficient (Wildman–Crippen LogP) is 7.47. The Morgan fingerprint density at radius 2 is 0.825 bits per heavy atom. The molecule has 40 heavy (non-hydrogen) atoms. The van der Waals surface area contributed by atoms with Gasteiger partial charge in [-0.3, -0.25) is 20.2 Å². The SMILES string of the molecule is O=C(NC(=O)c1ccc(C(=O)NC(=O)OCc2ccc(C(Cl)(Cl)Cl)cc2)cc1)OCc1ccc(C(Cl)(Cl)Cl)cc1. The van der Waals surface area contributed by atoms with Crippen LogP contribution in [0.4, 0.5) is 9.59 Å². The smallest absolute Gasteiger partial charge is 0.414 e. The fourth-order valence-electron chi connectivity index (χ4n) is 3.05. The van der Waals surface area contributed by atoms with E-state index in [0.717, 1.165) is 0 Å². The van der Waals surface area contributed by atoms with Crippen molar-refractivity contribution in [1.82, 2.24) is 10.6 Å². The van der Waals surface area contributed by atoms with Gasteiger partial charge in [-0.25, -0.2) is 9.59 Å². The summed E-state index contributed by atoms with van der Waals surface area (Å²) in [4.78, 5) is 48.6. The summed E-state index contributed by atoms with van der Waals surface area (Å²) in [6.45, 7) is -0.260. The van der Waals surface area contributed by atoms with Crippen LogP contribution in [0.5, 0.6) is 0 Å². The fraction of sp³-hybridized carbons (Fsp3) is 0.154. The van der Waals surface area contributed by atoms with E-state index in [1.54, 1.807) is 48.5 Å². The second-order valence-corrected chi connectivity index (χ2v) is 12.6. The molecule has 0 aromatic heterocycles. The molecule has 0 aliphatic carbocycles. The van der Waals surface area contributed by atoms with Crippen LogP contribution in [0.2, 0.25) is 0 Å². The number of carbonyl (C=O) groups excluding carboxylic acids is 4. The summed E-state index contributed by atoms with van der Waals surface area (Å²) >= 11 is 34.8. The highest BCUT2D eigenvalue weighted by molar-refractivity contribution is 6.67. The van der Waals surface area contributed by atoms with Crippen LogP contribution >= 0.6 is 69.6 Å². The Balaban J connectivity index is 1.44. The van der Waals surface area contributed by atoms with Crippen molar-refractivity contribution in [3.63, 3.8) is 0 Å². The van der Waals surface area contributed by atoms with E-state index in [-0.39, 0.29) is 24.3 Å². The van der Waals surface area contributed by atoms with Crippen LogP contribution < -0.4 is 10.6 Å². The highest BCUT2D eigenvalue weighted by Crippen LogP contribution is 2.38. The van der Waals surface area contributed by atoms with E-state index in [1.807, 2.05) is 0 Å². The zero-order chi connectivity index (χ0) is 29.5. The average molecular weight is 667 g/mol. The first-order chi connectivity index (χ1) is 18.7. The van der Waals surface area contributed by atoms with Gasteiger partial charge in [0.15, 0.2) is 0 Å². The van der Waals surface area contributed by atoms with Crippen molar-refractivity contribution in [2.75, 3.05) is 0 Å². The largest absolute Gasteiger partial charge is 0.444 e. The normalized spacial score (nSPS) is 11.3. The molecule has 0 radical (unpaired) electrons. The van der Waals surface area contributed by atoms with Crippen molar-refractivity contribution >= 4 is 93.6 Å². The third kappa shape index (κ3) is 9.73. The lowest BCUT2D eigenvalue weighted by Crippen LogP contribution is -2.32. The Hall–Kier alpha value is -2.72. The van der Waals surface area contributed by atoms with Crippen LogP contribution in [0.3, 0.4) is 0 Å². The minimum absolute atomic E-state index is 0.0708. The van der Waals surface area contributed by atoms with Gasteiger partial charge in [-0.05, 0) is 35.4 Å². The third-order valence-corrected chi connectivity index (χ3v) is 6.45. The topological polar surface area (TPSA) is 111 Å². The number of nitrogens with one attached hydrogen (secondary N) is 2. The molecule has 0 atom stereocenters. The number of halogens is 6. The summed E-state index contributed by atoms with van der Waals surface area (Å²) in [6, 6.07) is 17.9. The summed E-state index contributed by atoms with van der Waals surface area (Å²) in [5.74, 6) is -1.52. The maximum Gasteiger partial charge on any atom is 0.414 e. The number of carbonyl (C=O) groups is 4. The van der Waals surface area contributed by atoms with Crippen LogP contribution in [0.1, 0.15) is 43.0 Å². The number of hydrogen-bond donors (Lipinski definition) is 2. The molecule has 0 fully saturated rings. The van der Waals surface area contributed by atoms with Crippen molar-refractivity contribution in [2.45, 2.75) is 20.8 Å². The highest BCUT2D eigenvalue weighted by atomic mass is 35.6. The molecule has 0 aliphatic rings. The van der Waals surface area contributed by atoms with E-state index in [1.165, 1.54) is 24.3 Å². The fourth-order valence-corrected chi connectivity index (χ4v) is 3.81. The maximum atomic E-state index is 12.3. The first-order valence-corrected chi connectivity index (χ1v) is 13.4. The molecule has 8 nitrogen and oxygen atoms in total. The van der Waals surface area contributed by atoms with Gasteiger partial charge in [0.2, 0.25) is 7.59 Å². The quantitative estimate of drug-likeness (QED) is 0.264. The molecule has 0 unspecified atom stereocenters. The summed E-state index contributed by atoms with van der Waals surface area (Å²) in [5.41, 5.74) is 2.24. The lowest BCUT2D eigenvalue weighted by Gasteiger charge is -2.12. The predicted molar refractivity (Wildman–Crippen MR) is 153 cm³/mol. The minimum Gasteiger partial charge on any atom is -0.444 e. The van der Waals surface area contributed by atoms with E-state index in [9.17, 15) is 19.2 Å². The van der Waals surface area contributed by atoms with E-state index in [0.29, 0.717) is 22.3 Å². The zero-order valence-electron chi connectivity index (χ0n) is 20.1. The van der Waals surface area contributed by atoms with Crippen molar-refractivity contribution < 1.29 is 28.7 Å².